The van der Waals surface area contributed by atoms with E-state index < -0.39 is 0 Å². The summed E-state index contributed by atoms with van der Waals surface area (Å²) in [6.45, 7) is 4.14. The molecule has 0 unspecified atom stereocenters. The zero-order valence-electron chi connectivity index (χ0n) is 13.6. The Bertz CT molecular complexity index is 1030. The molecule has 0 bridgehead atoms. The molecule has 2 aliphatic carbocycles. The number of ketones is 1. The number of allylic oxidation sites excluding steroid dienone is 4. The van der Waals surface area contributed by atoms with Gasteiger partial charge in [-0.2, -0.15) is 5.26 Å². The van der Waals surface area contributed by atoms with E-state index in [1.54, 1.807) is 12.1 Å². The number of nitrogens with zero attached hydrogens (tertiary/aromatic N) is 1. The first-order valence-corrected chi connectivity index (χ1v) is 7.97. The van der Waals surface area contributed by atoms with Crippen molar-refractivity contribution in [2.45, 2.75) is 32.1 Å². The van der Waals surface area contributed by atoms with Gasteiger partial charge >= 0.3 is 0 Å². The summed E-state index contributed by atoms with van der Waals surface area (Å²) in [5.74, 6) is 0.0384. The minimum Gasteiger partial charge on any atom is -0.357 e. The molecule has 0 spiro atoms. The molecule has 4 rings (SSSR count). The van der Waals surface area contributed by atoms with Gasteiger partial charge in [0.15, 0.2) is 5.78 Å². The van der Waals surface area contributed by atoms with Crippen molar-refractivity contribution >= 4 is 23.0 Å². The number of fused-ring (bicyclic) bond motifs is 3. The van der Waals surface area contributed by atoms with Gasteiger partial charge in [0.2, 0.25) is 0 Å². The first-order chi connectivity index (χ1) is 11.5. The van der Waals surface area contributed by atoms with Gasteiger partial charge in [0, 0.05) is 27.6 Å². The zero-order valence-corrected chi connectivity index (χ0v) is 13.6. The van der Waals surface area contributed by atoms with Crippen LogP contribution >= 0.6 is 0 Å². The van der Waals surface area contributed by atoms with Crippen LogP contribution in [-0.2, 0) is 10.2 Å². The third-order valence-corrected chi connectivity index (χ3v) is 5.20. The lowest BCUT2D eigenvalue weighted by molar-refractivity contribution is -0.105. The van der Waals surface area contributed by atoms with Crippen LogP contribution in [0.3, 0.4) is 0 Å². The van der Waals surface area contributed by atoms with E-state index in [1.165, 1.54) is 0 Å². The summed E-state index contributed by atoms with van der Waals surface area (Å²) in [6.07, 6.45) is 3.97. The van der Waals surface area contributed by atoms with Crippen molar-refractivity contribution in [2.75, 3.05) is 0 Å². The van der Waals surface area contributed by atoms with Crippen LogP contribution in [0.15, 0.2) is 41.0 Å². The maximum atomic E-state index is 13.1. The van der Waals surface area contributed by atoms with Gasteiger partial charge in [-0.25, -0.2) is 0 Å². The number of aldehydes is 1. The Morgan fingerprint density at radius 3 is 2.79 bits per heavy atom. The molecule has 1 heterocycles. The Kier molecular flexibility index (Phi) is 2.92. The van der Waals surface area contributed by atoms with Crippen molar-refractivity contribution < 1.29 is 9.59 Å². The SMILES string of the molecule is CC1(C)C2=C(CCC(C=O)=C2)C(=O)c2c1[nH]c1cc(C#N)ccc21. The van der Waals surface area contributed by atoms with Gasteiger partial charge in [0.05, 0.1) is 17.2 Å². The van der Waals surface area contributed by atoms with Gasteiger partial charge in [-0.05, 0) is 36.1 Å². The number of aromatic amines is 1. The van der Waals surface area contributed by atoms with E-state index in [2.05, 4.69) is 24.9 Å². The Morgan fingerprint density at radius 2 is 2.08 bits per heavy atom. The molecule has 0 aliphatic heterocycles. The predicted molar refractivity (Wildman–Crippen MR) is 90.8 cm³/mol. The molecule has 2 aliphatic rings. The van der Waals surface area contributed by atoms with E-state index in [-0.39, 0.29) is 11.2 Å². The number of nitriles is 1. The molecule has 1 aromatic carbocycles. The summed E-state index contributed by atoms with van der Waals surface area (Å²) in [5.41, 5.74) is 5.02. The van der Waals surface area contributed by atoms with Crippen molar-refractivity contribution in [3.63, 3.8) is 0 Å². The second-order valence-corrected chi connectivity index (χ2v) is 6.93. The molecule has 0 saturated heterocycles. The Hall–Kier alpha value is -2.93. The van der Waals surface area contributed by atoms with E-state index in [0.717, 1.165) is 39.6 Å². The van der Waals surface area contributed by atoms with Gasteiger partial charge in [-0.1, -0.05) is 26.0 Å². The van der Waals surface area contributed by atoms with Crippen LogP contribution in [0.4, 0.5) is 0 Å². The molecule has 0 fully saturated rings. The van der Waals surface area contributed by atoms with Gasteiger partial charge in [-0.15, -0.1) is 0 Å². The van der Waals surface area contributed by atoms with Crippen LogP contribution in [0.25, 0.3) is 10.9 Å². The normalized spacial score (nSPS) is 18.7. The third-order valence-electron chi connectivity index (χ3n) is 5.20. The summed E-state index contributed by atoms with van der Waals surface area (Å²) >= 11 is 0. The first-order valence-electron chi connectivity index (χ1n) is 7.97. The van der Waals surface area contributed by atoms with E-state index >= 15 is 0 Å². The number of hydrogen-bond donors (Lipinski definition) is 1. The maximum Gasteiger partial charge on any atom is 0.191 e. The second kappa shape index (κ2) is 4.78. The molecular weight excluding hydrogens is 300 g/mol. The highest BCUT2D eigenvalue weighted by Crippen LogP contribution is 2.46. The number of nitrogens with one attached hydrogen (secondary N) is 1. The van der Waals surface area contributed by atoms with Crippen molar-refractivity contribution in [3.05, 3.63) is 57.8 Å². The maximum absolute atomic E-state index is 13.1. The number of rotatable bonds is 1. The highest BCUT2D eigenvalue weighted by molar-refractivity contribution is 6.20. The van der Waals surface area contributed by atoms with Crippen molar-refractivity contribution in [2.24, 2.45) is 0 Å². The number of aromatic nitrogens is 1. The Balaban J connectivity index is 2.02. The van der Waals surface area contributed by atoms with Crippen molar-refractivity contribution in [1.29, 1.82) is 5.26 Å². The van der Waals surface area contributed by atoms with Crippen LogP contribution in [0.1, 0.15) is 48.3 Å². The number of H-pyrrole nitrogens is 1. The highest BCUT2D eigenvalue weighted by atomic mass is 16.1. The van der Waals surface area contributed by atoms with E-state index in [1.807, 2.05) is 12.1 Å². The second-order valence-electron chi connectivity index (χ2n) is 6.93. The van der Waals surface area contributed by atoms with Gasteiger partial charge in [0.1, 0.15) is 6.29 Å². The summed E-state index contributed by atoms with van der Waals surface area (Å²) in [7, 11) is 0. The Morgan fingerprint density at radius 1 is 1.29 bits per heavy atom. The summed E-state index contributed by atoms with van der Waals surface area (Å²) in [5, 5.41) is 9.96. The lowest BCUT2D eigenvalue weighted by Crippen LogP contribution is -2.32. The lowest BCUT2D eigenvalue weighted by Gasteiger charge is -2.35. The van der Waals surface area contributed by atoms with E-state index in [0.29, 0.717) is 24.0 Å². The summed E-state index contributed by atoms with van der Waals surface area (Å²) < 4.78 is 0. The van der Waals surface area contributed by atoms with E-state index in [9.17, 15) is 9.59 Å². The minimum absolute atomic E-state index is 0.0384. The number of hydrogen-bond acceptors (Lipinski definition) is 3. The standard InChI is InChI=1S/C20H16N2O2/c1-20(2)15-7-12(10-23)4-5-13(15)18(24)17-14-6-3-11(9-21)8-16(14)22-19(17)20/h3,6-8,10,22H,4-5H2,1-2H3. The lowest BCUT2D eigenvalue weighted by atomic mass is 9.68. The van der Waals surface area contributed by atoms with Crippen LogP contribution < -0.4 is 0 Å². The van der Waals surface area contributed by atoms with Crippen LogP contribution in [0.5, 0.6) is 0 Å². The van der Waals surface area contributed by atoms with Gasteiger partial charge in [0.25, 0.3) is 0 Å². The number of benzene rings is 1. The molecule has 0 saturated carbocycles. The fraction of sp³-hybridized carbons (Fsp3) is 0.250. The smallest absolute Gasteiger partial charge is 0.191 e. The molecule has 1 aromatic heterocycles. The Labute approximate surface area is 139 Å². The van der Waals surface area contributed by atoms with E-state index in [4.69, 9.17) is 5.26 Å². The van der Waals surface area contributed by atoms with Gasteiger partial charge < -0.3 is 4.98 Å². The molecule has 1 N–H and O–H groups in total. The predicted octanol–water partition coefficient (Wildman–Crippen LogP) is 3.73. The zero-order chi connectivity index (χ0) is 17.1. The average molecular weight is 316 g/mol. The number of Topliss-reactive ketones (excluding diaryl/α,β-unsaturated/α-hetero) is 1. The molecule has 0 atom stereocenters. The molecule has 4 heteroatoms. The average Bonchev–Trinajstić information content (AvgIpc) is 2.99. The molecule has 4 nitrogen and oxygen atoms in total. The topological polar surface area (TPSA) is 73.7 Å². The minimum atomic E-state index is -0.390. The molecular formula is C20H16N2O2. The molecule has 118 valence electrons. The number of carbonyl (C=O) groups excluding carboxylic acids is 2. The third kappa shape index (κ3) is 1.78. The molecule has 0 amide bonds. The quantitative estimate of drug-likeness (QED) is 0.815. The molecule has 24 heavy (non-hydrogen) atoms. The van der Waals surface area contributed by atoms with Crippen molar-refractivity contribution in [3.8, 4) is 6.07 Å². The largest absolute Gasteiger partial charge is 0.357 e. The first kappa shape index (κ1) is 14.6. The molecule has 2 aromatic rings. The van der Waals surface area contributed by atoms with Crippen LogP contribution in [0, 0.1) is 11.3 Å². The fourth-order valence-electron chi connectivity index (χ4n) is 3.89. The highest BCUT2D eigenvalue weighted by Gasteiger charge is 2.41. The monoisotopic (exact) mass is 316 g/mol. The summed E-state index contributed by atoms with van der Waals surface area (Å²) in [4.78, 5) is 27.6. The van der Waals surface area contributed by atoms with Crippen LogP contribution in [0.2, 0.25) is 0 Å². The van der Waals surface area contributed by atoms with Gasteiger partial charge in [-0.3, -0.25) is 9.59 Å². The number of carbonyl (C=O) groups is 2. The fourth-order valence-corrected chi connectivity index (χ4v) is 3.89. The van der Waals surface area contributed by atoms with Crippen LogP contribution in [-0.4, -0.2) is 17.1 Å². The summed E-state index contributed by atoms with van der Waals surface area (Å²) in [6, 6.07) is 7.50. The van der Waals surface area contributed by atoms with Crippen molar-refractivity contribution in [1.82, 2.24) is 4.98 Å². The molecule has 0 radical (unpaired) electrons.